The maximum atomic E-state index is 10.0. The molecule has 36 heavy (non-hydrogen) atoms. The van der Waals surface area contributed by atoms with Crippen molar-refractivity contribution < 1.29 is 14.6 Å². The zero-order valence-corrected chi connectivity index (χ0v) is 22.1. The van der Waals surface area contributed by atoms with Gasteiger partial charge in [-0.05, 0) is 66.4 Å². The van der Waals surface area contributed by atoms with Crippen molar-refractivity contribution in [3.8, 4) is 5.75 Å². The number of rotatable bonds is 10. The Labute approximate surface area is 216 Å². The molecule has 0 aliphatic carbocycles. The van der Waals surface area contributed by atoms with Crippen molar-refractivity contribution in [2.24, 2.45) is 11.7 Å². The molecule has 3 N–H and O–H groups in total. The maximum absolute atomic E-state index is 10.0. The van der Waals surface area contributed by atoms with Crippen LogP contribution in [-0.2, 0) is 4.79 Å². The third-order valence-electron chi connectivity index (χ3n) is 5.79. The lowest BCUT2D eigenvalue weighted by Crippen LogP contribution is -2.34. The minimum absolute atomic E-state index is 0.0208. The van der Waals surface area contributed by atoms with E-state index in [2.05, 4.69) is 111 Å². The van der Waals surface area contributed by atoms with Crippen LogP contribution < -0.4 is 10.5 Å². The number of carboxylic acid groups (broad SMARTS) is 1. The van der Waals surface area contributed by atoms with Gasteiger partial charge in [0, 0.05) is 6.54 Å². The summed E-state index contributed by atoms with van der Waals surface area (Å²) in [5.74, 6) is 0.00303. The zero-order chi connectivity index (χ0) is 26.5. The largest absolute Gasteiger partial charge is 0.492 e. The Bertz CT molecular complexity index is 1080. The van der Waals surface area contributed by atoms with Crippen LogP contribution in [0.2, 0.25) is 0 Å². The average Bonchev–Trinajstić information content (AvgIpc) is 2.88. The number of benzene rings is 3. The molecule has 192 valence electrons. The van der Waals surface area contributed by atoms with E-state index in [4.69, 9.17) is 15.6 Å². The summed E-state index contributed by atoms with van der Waals surface area (Å²) in [5, 5.41) is 8.23. The van der Waals surface area contributed by atoms with E-state index in [0.717, 1.165) is 18.7 Å². The maximum Gasteiger partial charge on any atom is 0.320 e. The second kappa shape index (κ2) is 14.9. The second-order valence-electron chi connectivity index (χ2n) is 9.22. The first-order valence-corrected chi connectivity index (χ1v) is 12.4. The fourth-order valence-electron chi connectivity index (χ4n) is 3.63. The van der Waals surface area contributed by atoms with Crippen molar-refractivity contribution in [3.63, 3.8) is 0 Å². The second-order valence-corrected chi connectivity index (χ2v) is 9.22. The van der Waals surface area contributed by atoms with Crippen molar-refractivity contribution in [3.05, 3.63) is 102 Å². The molecule has 0 amide bonds. The van der Waals surface area contributed by atoms with Crippen molar-refractivity contribution in [1.82, 2.24) is 4.90 Å². The molecule has 0 unspecified atom stereocenters. The van der Waals surface area contributed by atoms with Crippen LogP contribution in [0.4, 0.5) is 0 Å². The summed E-state index contributed by atoms with van der Waals surface area (Å²) in [4.78, 5) is 12.1. The molecule has 0 aliphatic heterocycles. The molecule has 0 spiro atoms. The third kappa shape index (κ3) is 8.99. The number of likely N-dealkylation sites (N-methyl/N-ethyl adjacent to an activating group) is 1. The fourth-order valence-corrected chi connectivity index (χ4v) is 3.63. The topological polar surface area (TPSA) is 75.8 Å². The van der Waals surface area contributed by atoms with Crippen LogP contribution in [0.25, 0.3) is 11.1 Å². The van der Waals surface area contributed by atoms with Crippen molar-refractivity contribution in [2.75, 3.05) is 27.2 Å². The number of carboxylic acids is 1. The first kappa shape index (κ1) is 28.8. The highest BCUT2D eigenvalue weighted by Gasteiger charge is 2.14. The Morgan fingerprint density at radius 1 is 0.861 bits per heavy atom. The standard InChI is InChI=1S/C26H29NO.C5H11NO2/c1-4-25(21-11-7-5-8-12-21)26(22-13-9-6-10-14-22)23-15-17-24(18-16-23)28-20-19-27(2)3;1-3(2)4(6)5(7)8/h5-18H,4,19-20H2,1-3H3;3-4H,6H2,1-2H3,(H,7,8)/b26-25-;/t;4-/m.0/s1. The summed E-state index contributed by atoms with van der Waals surface area (Å²) >= 11 is 0. The summed E-state index contributed by atoms with van der Waals surface area (Å²) in [6.07, 6.45) is 0.968. The van der Waals surface area contributed by atoms with E-state index in [1.165, 1.54) is 27.8 Å². The van der Waals surface area contributed by atoms with E-state index in [-0.39, 0.29) is 5.92 Å². The predicted molar refractivity (Wildman–Crippen MR) is 150 cm³/mol. The number of carbonyl (C=O) groups is 1. The minimum Gasteiger partial charge on any atom is -0.492 e. The van der Waals surface area contributed by atoms with Crippen LogP contribution in [0.1, 0.15) is 43.9 Å². The lowest BCUT2D eigenvalue weighted by Gasteiger charge is -2.17. The third-order valence-corrected chi connectivity index (χ3v) is 5.79. The molecule has 0 heterocycles. The van der Waals surface area contributed by atoms with Crippen molar-refractivity contribution >= 4 is 17.1 Å². The molecule has 3 aromatic rings. The van der Waals surface area contributed by atoms with Crippen molar-refractivity contribution in [2.45, 2.75) is 33.2 Å². The minimum atomic E-state index is -0.931. The number of allylic oxidation sites excluding steroid dienone is 1. The highest BCUT2D eigenvalue weighted by atomic mass is 16.5. The van der Waals surface area contributed by atoms with Crippen molar-refractivity contribution in [1.29, 1.82) is 0 Å². The van der Waals surface area contributed by atoms with Gasteiger partial charge in [0.05, 0.1) is 0 Å². The van der Waals surface area contributed by atoms with Gasteiger partial charge in [0.2, 0.25) is 0 Å². The lowest BCUT2D eigenvalue weighted by atomic mass is 9.88. The van der Waals surface area contributed by atoms with Gasteiger partial charge in [-0.1, -0.05) is 93.6 Å². The van der Waals surface area contributed by atoms with E-state index in [1.807, 2.05) is 0 Å². The Kier molecular flexibility index (Phi) is 11.9. The highest BCUT2D eigenvalue weighted by Crippen LogP contribution is 2.34. The molecule has 0 aliphatic rings. The number of nitrogens with two attached hydrogens (primary N) is 1. The van der Waals surface area contributed by atoms with Gasteiger partial charge in [-0.3, -0.25) is 4.79 Å². The molecule has 5 nitrogen and oxygen atoms in total. The Morgan fingerprint density at radius 2 is 1.36 bits per heavy atom. The van der Waals surface area contributed by atoms with Crippen LogP contribution in [0.5, 0.6) is 5.75 Å². The fraction of sp³-hybridized carbons (Fsp3) is 0.323. The van der Waals surface area contributed by atoms with E-state index in [0.29, 0.717) is 6.61 Å². The number of aliphatic carboxylic acids is 1. The molecular formula is C31H40N2O3. The smallest absolute Gasteiger partial charge is 0.320 e. The summed E-state index contributed by atoms with van der Waals surface area (Å²) < 4.78 is 5.87. The highest BCUT2D eigenvalue weighted by molar-refractivity contribution is 5.98. The Balaban J connectivity index is 0.000000493. The van der Waals surface area contributed by atoms with Gasteiger partial charge in [-0.15, -0.1) is 0 Å². The monoisotopic (exact) mass is 488 g/mol. The molecule has 0 saturated heterocycles. The van der Waals surface area contributed by atoms with Gasteiger partial charge < -0.3 is 20.5 Å². The Morgan fingerprint density at radius 3 is 1.78 bits per heavy atom. The van der Waals surface area contributed by atoms with Gasteiger partial charge in [0.25, 0.3) is 0 Å². The molecule has 3 aromatic carbocycles. The summed E-state index contributed by atoms with van der Waals surface area (Å²) in [6, 6.07) is 29.1. The summed E-state index contributed by atoms with van der Waals surface area (Å²) in [5.41, 5.74) is 11.5. The van der Waals surface area contributed by atoms with Crippen LogP contribution in [0.3, 0.4) is 0 Å². The van der Waals surface area contributed by atoms with E-state index < -0.39 is 12.0 Å². The predicted octanol–water partition coefficient (Wildman–Crippen LogP) is 6.05. The number of nitrogens with zero attached hydrogens (tertiary/aromatic N) is 1. The quantitative estimate of drug-likeness (QED) is 0.340. The summed E-state index contributed by atoms with van der Waals surface area (Å²) in [6.45, 7) is 7.38. The van der Waals surface area contributed by atoms with Crippen LogP contribution in [0.15, 0.2) is 84.9 Å². The first-order chi connectivity index (χ1) is 17.2. The van der Waals surface area contributed by atoms with E-state index in [1.54, 1.807) is 13.8 Å². The molecule has 0 aromatic heterocycles. The molecule has 0 fully saturated rings. The van der Waals surface area contributed by atoms with Gasteiger partial charge in [0.1, 0.15) is 18.4 Å². The van der Waals surface area contributed by atoms with E-state index in [9.17, 15) is 4.79 Å². The number of hydrogen-bond acceptors (Lipinski definition) is 4. The molecule has 0 saturated carbocycles. The van der Waals surface area contributed by atoms with Gasteiger partial charge in [0.15, 0.2) is 0 Å². The molecule has 3 rings (SSSR count). The van der Waals surface area contributed by atoms with Crippen LogP contribution in [0, 0.1) is 5.92 Å². The molecular weight excluding hydrogens is 448 g/mol. The SMILES string of the molecule is CC(C)[C@H](N)C(=O)O.CC/C(=C(\c1ccccc1)c1ccc(OCCN(C)C)cc1)c1ccccc1. The summed E-state index contributed by atoms with van der Waals surface area (Å²) in [7, 11) is 4.11. The molecule has 5 heteroatoms. The normalized spacial score (nSPS) is 12.4. The first-order valence-electron chi connectivity index (χ1n) is 12.4. The zero-order valence-electron chi connectivity index (χ0n) is 22.1. The lowest BCUT2D eigenvalue weighted by molar-refractivity contribution is -0.139. The van der Waals surface area contributed by atoms with Gasteiger partial charge >= 0.3 is 5.97 Å². The van der Waals surface area contributed by atoms with E-state index >= 15 is 0 Å². The van der Waals surface area contributed by atoms with Crippen LogP contribution >= 0.6 is 0 Å². The Hall–Kier alpha value is -3.41. The van der Waals surface area contributed by atoms with Crippen LogP contribution in [-0.4, -0.2) is 49.3 Å². The number of ether oxygens (including phenoxy) is 1. The number of hydrogen-bond donors (Lipinski definition) is 2. The molecule has 0 radical (unpaired) electrons. The van der Waals surface area contributed by atoms with Gasteiger partial charge in [-0.25, -0.2) is 0 Å². The molecule has 0 bridgehead atoms. The molecule has 1 atom stereocenters. The van der Waals surface area contributed by atoms with Gasteiger partial charge in [-0.2, -0.15) is 0 Å². The average molecular weight is 489 g/mol.